The molecule has 0 bridgehead atoms. The molecule has 0 aliphatic rings. The summed E-state index contributed by atoms with van der Waals surface area (Å²) in [5, 5.41) is -10.9. The maximum absolute atomic E-state index is 15.6. The lowest BCUT2D eigenvalue weighted by molar-refractivity contribution is 0.370. The third-order valence-electron chi connectivity index (χ3n) is 6.90. The zero-order valence-corrected chi connectivity index (χ0v) is 21.4. The molecular weight excluding hydrogens is 664 g/mol. The Bertz CT molecular complexity index is 2270. The minimum atomic E-state index is -3.20. The Balaban J connectivity index is 1.75. The molecule has 0 amide bonds. The Morgan fingerprint density at radius 3 is 1.35 bits per heavy atom. The van der Waals surface area contributed by atoms with Crippen molar-refractivity contribution in [2.24, 2.45) is 0 Å². The summed E-state index contributed by atoms with van der Waals surface area (Å²) in [4.78, 5) is 0. The van der Waals surface area contributed by atoms with Gasteiger partial charge in [0.1, 0.15) is 5.82 Å². The second-order valence-electron chi connectivity index (χ2n) is 9.44. The Labute approximate surface area is 243 Å². The summed E-state index contributed by atoms with van der Waals surface area (Å²) in [5.41, 5.74) is -1.61. The molecule has 0 unspecified atom stereocenters. The van der Waals surface area contributed by atoms with Crippen LogP contribution in [0.25, 0.3) is 32.3 Å². The maximum atomic E-state index is 15.6. The molecule has 46 heavy (non-hydrogen) atoms. The van der Waals surface area contributed by atoms with E-state index in [2.05, 4.69) is 0 Å². The number of hydrogen-bond acceptors (Lipinski definition) is 2. The second kappa shape index (κ2) is 10.5. The van der Waals surface area contributed by atoms with Crippen LogP contribution in [0, 0.1) is 87.3 Å². The molecule has 0 aliphatic heterocycles. The predicted molar refractivity (Wildman–Crippen MR) is 129 cm³/mol. The first-order valence-electron chi connectivity index (χ1n) is 12.1. The monoisotopic (exact) mass is 668 g/mol. The largest absolute Gasteiger partial charge is 0.636 e. The third-order valence-corrected chi connectivity index (χ3v) is 6.90. The molecular formula is C28H4BF15O2. The van der Waals surface area contributed by atoms with Crippen LogP contribution >= 0.6 is 0 Å². The number of rotatable bonds is 5. The van der Waals surface area contributed by atoms with Crippen molar-refractivity contribution < 1.29 is 75.2 Å². The van der Waals surface area contributed by atoms with Crippen molar-refractivity contribution in [3.63, 3.8) is 0 Å². The van der Waals surface area contributed by atoms with Crippen LogP contribution in [0.15, 0.2) is 24.3 Å². The van der Waals surface area contributed by atoms with E-state index in [-0.39, 0.29) is 24.3 Å². The first-order valence-corrected chi connectivity index (χ1v) is 12.1. The summed E-state index contributed by atoms with van der Waals surface area (Å²) in [6, 6.07) is 0.309. The minimum absolute atomic E-state index is 0.0120. The van der Waals surface area contributed by atoms with Crippen LogP contribution < -0.4 is 14.8 Å². The molecule has 0 radical (unpaired) electrons. The molecule has 6 rings (SSSR count). The van der Waals surface area contributed by atoms with E-state index in [4.69, 9.17) is 9.31 Å². The van der Waals surface area contributed by atoms with E-state index >= 15 is 22.0 Å². The molecule has 0 atom stereocenters. The van der Waals surface area contributed by atoms with Gasteiger partial charge in [-0.2, -0.15) is 8.78 Å². The molecule has 6 aromatic rings. The normalized spacial score (nSPS) is 11.8. The van der Waals surface area contributed by atoms with Crippen LogP contribution in [0.5, 0.6) is 11.5 Å². The molecule has 236 valence electrons. The lowest BCUT2D eigenvalue weighted by Crippen LogP contribution is -2.46. The van der Waals surface area contributed by atoms with Gasteiger partial charge in [0.15, 0.2) is 87.1 Å². The first kappa shape index (κ1) is 31.0. The summed E-state index contributed by atoms with van der Waals surface area (Å²) in [7, 11) is -3.20. The van der Waals surface area contributed by atoms with Crippen LogP contribution in [0.3, 0.4) is 0 Å². The lowest BCUT2D eigenvalue weighted by Gasteiger charge is -2.22. The lowest BCUT2D eigenvalue weighted by atomic mass is 9.77. The van der Waals surface area contributed by atoms with Crippen LogP contribution in [0.1, 0.15) is 0 Å². The highest BCUT2D eigenvalue weighted by atomic mass is 19.2. The van der Waals surface area contributed by atoms with E-state index in [0.717, 1.165) is 0 Å². The van der Waals surface area contributed by atoms with E-state index in [0.29, 0.717) is 0 Å². The molecule has 0 heterocycles. The van der Waals surface area contributed by atoms with E-state index in [1.807, 2.05) is 0 Å². The van der Waals surface area contributed by atoms with E-state index < -0.39 is 144 Å². The van der Waals surface area contributed by atoms with Gasteiger partial charge in [-0.25, -0.2) is 57.1 Å². The minimum Gasteiger partial charge on any atom is -0.519 e. The quantitative estimate of drug-likeness (QED) is 0.0604. The summed E-state index contributed by atoms with van der Waals surface area (Å²) in [6.45, 7) is 0. The predicted octanol–water partition coefficient (Wildman–Crippen LogP) is 8.52. The Kier molecular flexibility index (Phi) is 7.08. The zero-order valence-electron chi connectivity index (χ0n) is 21.4. The van der Waals surface area contributed by atoms with Crippen molar-refractivity contribution in [3.8, 4) is 11.5 Å². The first-order chi connectivity index (χ1) is 21.6. The molecule has 2 nitrogen and oxygen atoms in total. The average molecular weight is 668 g/mol. The van der Waals surface area contributed by atoms with E-state index in [1.165, 1.54) is 0 Å². The Morgan fingerprint density at radius 1 is 0.348 bits per heavy atom. The van der Waals surface area contributed by atoms with Gasteiger partial charge in [0.05, 0.1) is 27.0 Å². The molecule has 0 aliphatic carbocycles. The fourth-order valence-corrected chi connectivity index (χ4v) is 4.93. The standard InChI is InChI=1S/C28H4BF15O2/c30-5-3-6(16(34)9(33)4-5)29(45-27-8(32)2-1-7(31)17(27)35)46-28-15-11-10-12(18(36)19(37)14(11)23(41)26(28)44)21(39)25(43)22(40)13(10)20(38)24(15)42/h1-4H. The molecule has 0 saturated heterocycles. The van der Waals surface area contributed by atoms with Crippen LogP contribution in [-0.4, -0.2) is 7.12 Å². The molecule has 0 saturated carbocycles. The van der Waals surface area contributed by atoms with Gasteiger partial charge >= 0.3 is 7.12 Å². The van der Waals surface area contributed by atoms with Crippen molar-refractivity contribution in [2.75, 3.05) is 0 Å². The SMILES string of the molecule is Fc1cc(F)c(F)c(B(Oc2c(F)ccc(F)c2F)Oc2c(F)c(F)c3c(F)c(F)c4c(F)c(F)c(F)c5c(F)c(F)c2c3c45)c1. The van der Waals surface area contributed by atoms with Crippen LogP contribution in [-0.2, 0) is 0 Å². The number of hydrogen-bond donors (Lipinski definition) is 0. The molecule has 0 N–H and O–H groups in total. The van der Waals surface area contributed by atoms with Gasteiger partial charge in [-0.05, 0) is 18.2 Å². The molecule has 0 spiro atoms. The van der Waals surface area contributed by atoms with Crippen molar-refractivity contribution in [1.82, 2.24) is 0 Å². The van der Waals surface area contributed by atoms with Crippen molar-refractivity contribution in [1.29, 1.82) is 0 Å². The molecule has 6 aromatic carbocycles. The van der Waals surface area contributed by atoms with Crippen LogP contribution in [0.2, 0.25) is 0 Å². The Morgan fingerprint density at radius 2 is 0.783 bits per heavy atom. The van der Waals surface area contributed by atoms with Gasteiger partial charge in [0, 0.05) is 16.8 Å². The van der Waals surface area contributed by atoms with Crippen molar-refractivity contribution >= 4 is 44.9 Å². The van der Waals surface area contributed by atoms with Gasteiger partial charge in [0.25, 0.3) is 0 Å². The highest BCUT2D eigenvalue weighted by molar-refractivity contribution is 6.63. The summed E-state index contributed by atoms with van der Waals surface area (Å²) in [6.07, 6.45) is 0. The van der Waals surface area contributed by atoms with E-state index in [9.17, 15) is 43.9 Å². The van der Waals surface area contributed by atoms with Gasteiger partial charge in [-0.15, -0.1) is 0 Å². The second-order valence-corrected chi connectivity index (χ2v) is 9.44. The Hall–Kier alpha value is -5.03. The van der Waals surface area contributed by atoms with Crippen molar-refractivity contribution in [3.05, 3.63) is 112 Å². The fourth-order valence-electron chi connectivity index (χ4n) is 4.93. The summed E-state index contributed by atoms with van der Waals surface area (Å²) < 4.78 is 231. The smallest absolute Gasteiger partial charge is 0.519 e. The third kappa shape index (κ3) is 4.18. The zero-order chi connectivity index (χ0) is 33.7. The van der Waals surface area contributed by atoms with Gasteiger partial charge in [0.2, 0.25) is 5.82 Å². The number of halogens is 15. The fraction of sp³-hybridized carbons (Fsp3) is 0. The molecule has 0 aromatic heterocycles. The highest BCUT2D eigenvalue weighted by Gasteiger charge is 2.40. The van der Waals surface area contributed by atoms with Gasteiger partial charge < -0.3 is 9.31 Å². The van der Waals surface area contributed by atoms with Crippen LogP contribution in [0.4, 0.5) is 65.9 Å². The van der Waals surface area contributed by atoms with E-state index in [1.54, 1.807) is 0 Å². The van der Waals surface area contributed by atoms with Gasteiger partial charge in [-0.1, -0.05) is 0 Å². The topological polar surface area (TPSA) is 18.5 Å². The average Bonchev–Trinajstić information content (AvgIpc) is 3.00. The highest BCUT2D eigenvalue weighted by Crippen LogP contribution is 2.48. The van der Waals surface area contributed by atoms with Crippen molar-refractivity contribution in [2.45, 2.75) is 0 Å². The summed E-state index contributed by atoms with van der Waals surface area (Å²) >= 11 is 0. The van der Waals surface area contributed by atoms with Gasteiger partial charge in [-0.3, -0.25) is 0 Å². The number of benzene rings is 6. The summed E-state index contributed by atoms with van der Waals surface area (Å²) in [5.74, 6) is -38.9. The molecule has 18 heteroatoms. The molecule has 0 fully saturated rings. The maximum Gasteiger partial charge on any atom is 0.636 e.